The first kappa shape index (κ1) is 12.1. The van der Waals surface area contributed by atoms with Crippen LogP contribution in [0.25, 0.3) is 0 Å². The fourth-order valence-corrected chi connectivity index (χ4v) is 2.60. The molecule has 0 heterocycles. The second kappa shape index (κ2) is 5.78. The minimum Gasteiger partial charge on any atom is -0.508 e. The van der Waals surface area contributed by atoms with Crippen LogP contribution in [0.15, 0.2) is 53.4 Å². The van der Waals surface area contributed by atoms with Crippen LogP contribution in [0.4, 0.5) is 0 Å². The zero-order valence-corrected chi connectivity index (χ0v) is 10.7. The molecule has 0 aliphatic rings. The molecule has 2 rings (SSSR count). The van der Waals surface area contributed by atoms with Gasteiger partial charge in [0.1, 0.15) is 5.75 Å². The summed E-state index contributed by atoms with van der Waals surface area (Å²) in [5.74, 6) is 1.39. The normalized spacial score (nSPS) is 10.4. The lowest BCUT2D eigenvalue weighted by Gasteiger charge is -2.03. The number of thioether (sulfide) groups is 1. The van der Waals surface area contributed by atoms with Gasteiger partial charge in [-0.3, -0.25) is 0 Å². The molecule has 0 unspecified atom stereocenters. The van der Waals surface area contributed by atoms with Crippen molar-refractivity contribution in [3.8, 4) is 5.75 Å². The predicted molar refractivity (Wildman–Crippen MR) is 73.7 cm³/mol. The third kappa shape index (κ3) is 3.82. The van der Waals surface area contributed by atoms with Gasteiger partial charge in [-0.15, -0.1) is 11.8 Å². The van der Waals surface area contributed by atoms with Gasteiger partial charge in [-0.1, -0.05) is 29.8 Å². The summed E-state index contributed by atoms with van der Waals surface area (Å²) in [7, 11) is 0. The lowest BCUT2D eigenvalue weighted by atomic mass is 10.1. The van der Waals surface area contributed by atoms with Crippen LogP contribution in [0, 0.1) is 6.92 Å². The number of hydrogen-bond acceptors (Lipinski definition) is 2. The van der Waals surface area contributed by atoms with E-state index < -0.39 is 0 Å². The fourth-order valence-electron chi connectivity index (χ4n) is 1.70. The van der Waals surface area contributed by atoms with E-state index in [4.69, 9.17) is 0 Å². The Kier molecular flexibility index (Phi) is 4.10. The van der Waals surface area contributed by atoms with Crippen molar-refractivity contribution in [1.82, 2.24) is 0 Å². The molecule has 0 radical (unpaired) electrons. The largest absolute Gasteiger partial charge is 0.508 e. The van der Waals surface area contributed by atoms with E-state index in [1.165, 1.54) is 16.0 Å². The molecule has 2 heteroatoms. The molecule has 0 saturated carbocycles. The van der Waals surface area contributed by atoms with Gasteiger partial charge in [0.25, 0.3) is 0 Å². The topological polar surface area (TPSA) is 20.2 Å². The van der Waals surface area contributed by atoms with Gasteiger partial charge in [-0.25, -0.2) is 0 Å². The van der Waals surface area contributed by atoms with Crippen molar-refractivity contribution in [2.75, 3.05) is 5.75 Å². The maximum absolute atomic E-state index is 9.18. The predicted octanol–water partition coefficient (Wildman–Crippen LogP) is 4.04. The Hall–Kier alpha value is -1.41. The Morgan fingerprint density at radius 2 is 1.82 bits per heavy atom. The first-order valence-electron chi connectivity index (χ1n) is 5.71. The Balaban J connectivity index is 1.85. The number of aryl methyl sites for hydroxylation is 2. The third-order valence-corrected chi connectivity index (χ3v) is 3.59. The summed E-state index contributed by atoms with van der Waals surface area (Å²) >= 11 is 1.82. The molecule has 0 aliphatic heterocycles. The third-order valence-electron chi connectivity index (χ3n) is 2.58. The van der Waals surface area contributed by atoms with E-state index in [1.807, 2.05) is 23.9 Å². The maximum atomic E-state index is 9.18. The minimum atomic E-state index is 0.327. The first-order valence-corrected chi connectivity index (χ1v) is 6.70. The summed E-state index contributed by atoms with van der Waals surface area (Å²) in [4.78, 5) is 1.20. The van der Waals surface area contributed by atoms with E-state index in [-0.39, 0.29) is 0 Å². The highest BCUT2D eigenvalue weighted by Crippen LogP contribution is 2.21. The Labute approximate surface area is 107 Å². The van der Waals surface area contributed by atoms with Crippen molar-refractivity contribution >= 4 is 11.8 Å². The molecule has 0 amide bonds. The van der Waals surface area contributed by atoms with Gasteiger partial charge in [0, 0.05) is 10.6 Å². The van der Waals surface area contributed by atoms with Gasteiger partial charge >= 0.3 is 0 Å². The van der Waals surface area contributed by atoms with Gasteiger partial charge in [-0.2, -0.15) is 0 Å². The molecule has 1 N–H and O–H groups in total. The fraction of sp³-hybridized carbons (Fsp3) is 0.200. The molecule has 0 atom stereocenters. The monoisotopic (exact) mass is 244 g/mol. The number of aromatic hydroxyl groups is 1. The summed E-state index contributed by atoms with van der Waals surface area (Å²) < 4.78 is 0. The molecule has 88 valence electrons. The number of phenolic OH excluding ortho intramolecular Hbond substituents is 1. The van der Waals surface area contributed by atoms with Gasteiger partial charge in [0.05, 0.1) is 0 Å². The lowest BCUT2D eigenvalue weighted by molar-refractivity contribution is 0.475. The standard InChI is InChI=1S/C15H16OS/c1-12-3-2-4-13(11-12)9-10-17-15-7-5-14(16)6-8-15/h2-8,11,16H,9-10H2,1H3. The summed E-state index contributed by atoms with van der Waals surface area (Å²) in [5, 5.41) is 9.18. The minimum absolute atomic E-state index is 0.327. The number of benzene rings is 2. The van der Waals surface area contributed by atoms with E-state index in [0.29, 0.717) is 5.75 Å². The van der Waals surface area contributed by atoms with Gasteiger partial charge in [0.15, 0.2) is 0 Å². The van der Waals surface area contributed by atoms with Gasteiger partial charge < -0.3 is 5.11 Å². The summed E-state index contributed by atoms with van der Waals surface area (Å²) in [5.41, 5.74) is 2.70. The van der Waals surface area contributed by atoms with Crippen molar-refractivity contribution < 1.29 is 5.11 Å². The van der Waals surface area contributed by atoms with Crippen molar-refractivity contribution in [2.24, 2.45) is 0 Å². The van der Waals surface area contributed by atoms with E-state index in [0.717, 1.165) is 12.2 Å². The highest BCUT2D eigenvalue weighted by Gasteiger charge is 1.97. The molecule has 0 saturated heterocycles. The van der Waals surface area contributed by atoms with Gasteiger partial charge in [-0.05, 0) is 43.2 Å². The van der Waals surface area contributed by atoms with Crippen LogP contribution < -0.4 is 0 Å². The highest BCUT2D eigenvalue weighted by molar-refractivity contribution is 7.99. The molecular formula is C15H16OS. The van der Waals surface area contributed by atoms with Crippen LogP contribution in [0.3, 0.4) is 0 Å². The molecule has 0 aromatic heterocycles. The smallest absolute Gasteiger partial charge is 0.115 e. The van der Waals surface area contributed by atoms with E-state index in [1.54, 1.807) is 12.1 Å². The average Bonchev–Trinajstić information content (AvgIpc) is 2.32. The van der Waals surface area contributed by atoms with E-state index >= 15 is 0 Å². The van der Waals surface area contributed by atoms with Crippen molar-refractivity contribution in [3.63, 3.8) is 0 Å². The van der Waals surface area contributed by atoms with E-state index in [2.05, 4.69) is 31.2 Å². The average molecular weight is 244 g/mol. The SMILES string of the molecule is Cc1cccc(CCSc2ccc(O)cc2)c1. The van der Waals surface area contributed by atoms with Crippen molar-refractivity contribution in [1.29, 1.82) is 0 Å². The lowest BCUT2D eigenvalue weighted by Crippen LogP contribution is -1.88. The van der Waals surface area contributed by atoms with Crippen LogP contribution in [-0.4, -0.2) is 10.9 Å². The zero-order chi connectivity index (χ0) is 12.1. The van der Waals surface area contributed by atoms with Crippen molar-refractivity contribution in [2.45, 2.75) is 18.2 Å². The van der Waals surface area contributed by atoms with Crippen molar-refractivity contribution in [3.05, 3.63) is 59.7 Å². The number of hydrogen-bond donors (Lipinski definition) is 1. The van der Waals surface area contributed by atoms with E-state index in [9.17, 15) is 5.11 Å². The van der Waals surface area contributed by atoms with Crippen LogP contribution in [-0.2, 0) is 6.42 Å². The van der Waals surface area contributed by atoms with Gasteiger partial charge in [0.2, 0.25) is 0 Å². The van der Waals surface area contributed by atoms with Crippen LogP contribution >= 0.6 is 11.8 Å². The van der Waals surface area contributed by atoms with Crippen LogP contribution in [0.5, 0.6) is 5.75 Å². The molecule has 17 heavy (non-hydrogen) atoms. The van der Waals surface area contributed by atoms with Crippen LogP contribution in [0.1, 0.15) is 11.1 Å². The maximum Gasteiger partial charge on any atom is 0.115 e. The zero-order valence-electron chi connectivity index (χ0n) is 9.89. The highest BCUT2D eigenvalue weighted by atomic mass is 32.2. The molecule has 0 fully saturated rings. The molecule has 0 aliphatic carbocycles. The summed E-state index contributed by atoms with van der Waals surface area (Å²) in [6.45, 7) is 2.12. The second-order valence-corrected chi connectivity index (χ2v) is 5.25. The second-order valence-electron chi connectivity index (χ2n) is 4.08. The Morgan fingerprint density at radius 1 is 1.06 bits per heavy atom. The molecule has 2 aromatic carbocycles. The quantitative estimate of drug-likeness (QED) is 0.819. The molecule has 2 aromatic rings. The molecule has 0 bridgehead atoms. The molecule has 0 spiro atoms. The Morgan fingerprint density at radius 3 is 2.53 bits per heavy atom. The Bertz CT molecular complexity index is 477. The first-order chi connectivity index (χ1) is 8.24. The summed E-state index contributed by atoms with van der Waals surface area (Å²) in [6, 6.07) is 16.0. The molecular weight excluding hydrogens is 228 g/mol. The summed E-state index contributed by atoms with van der Waals surface area (Å²) in [6.07, 6.45) is 1.08. The number of rotatable bonds is 4. The van der Waals surface area contributed by atoms with Crippen LogP contribution in [0.2, 0.25) is 0 Å². The number of phenols is 1. The molecule has 1 nitrogen and oxygen atoms in total.